The lowest BCUT2D eigenvalue weighted by Crippen LogP contribution is -2.07. The fourth-order valence-electron chi connectivity index (χ4n) is 3.31. The minimum absolute atomic E-state index is 0.201. The second-order valence-electron chi connectivity index (χ2n) is 7.06. The third kappa shape index (κ3) is 4.41. The van der Waals surface area contributed by atoms with Gasteiger partial charge in [-0.25, -0.2) is 0 Å². The van der Waals surface area contributed by atoms with Crippen molar-refractivity contribution in [2.45, 2.75) is 6.92 Å². The Bertz CT molecular complexity index is 1270. The molecule has 4 rings (SSSR count). The number of benzene rings is 3. The summed E-state index contributed by atoms with van der Waals surface area (Å²) in [6.45, 7) is 1.85. The van der Waals surface area contributed by atoms with Gasteiger partial charge in [0.1, 0.15) is 11.3 Å². The van der Waals surface area contributed by atoms with E-state index in [1.165, 1.54) is 6.08 Å². The van der Waals surface area contributed by atoms with Crippen molar-refractivity contribution < 1.29 is 18.7 Å². The molecule has 0 saturated heterocycles. The van der Waals surface area contributed by atoms with E-state index in [1.54, 1.807) is 49.6 Å². The van der Waals surface area contributed by atoms with Gasteiger partial charge in [-0.1, -0.05) is 30.3 Å². The van der Waals surface area contributed by atoms with Gasteiger partial charge in [0.05, 0.1) is 7.11 Å². The molecule has 154 valence electrons. The van der Waals surface area contributed by atoms with E-state index in [4.69, 9.17) is 9.15 Å². The molecule has 0 bridgehead atoms. The third-order valence-corrected chi connectivity index (χ3v) is 4.99. The number of methoxy groups -OCH3 is 1. The van der Waals surface area contributed by atoms with E-state index in [0.29, 0.717) is 22.6 Å². The summed E-state index contributed by atoms with van der Waals surface area (Å²) < 4.78 is 11.0. The van der Waals surface area contributed by atoms with Crippen LogP contribution in [0.4, 0.5) is 5.69 Å². The molecule has 0 radical (unpaired) electrons. The summed E-state index contributed by atoms with van der Waals surface area (Å²) in [5.74, 6) is 0.515. The lowest BCUT2D eigenvalue weighted by Gasteiger charge is -2.02. The Morgan fingerprint density at radius 2 is 1.71 bits per heavy atom. The zero-order valence-corrected chi connectivity index (χ0v) is 17.2. The Hall–Kier alpha value is -4.12. The quantitative estimate of drug-likeness (QED) is 0.330. The third-order valence-electron chi connectivity index (χ3n) is 4.99. The van der Waals surface area contributed by atoms with E-state index in [9.17, 15) is 9.59 Å². The number of aryl methyl sites for hydroxylation is 1. The molecule has 31 heavy (non-hydrogen) atoms. The Labute approximate surface area is 180 Å². The van der Waals surface area contributed by atoms with Crippen molar-refractivity contribution in [3.05, 3.63) is 101 Å². The van der Waals surface area contributed by atoms with Crippen LogP contribution in [-0.4, -0.2) is 18.8 Å². The number of amides is 1. The average Bonchev–Trinajstić information content (AvgIpc) is 3.13. The van der Waals surface area contributed by atoms with E-state index in [-0.39, 0.29) is 17.5 Å². The number of furan rings is 1. The van der Waals surface area contributed by atoms with Crippen LogP contribution >= 0.6 is 0 Å². The predicted molar refractivity (Wildman–Crippen MR) is 121 cm³/mol. The van der Waals surface area contributed by atoms with Crippen molar-refractivity contribution in [2.75, 3.05) is 12.4 Å². The molecule has 0 spiro atoms. The molecular formula is C26H21NO4. The van der Waals surface area contributed by atoms with Gasteiger partial charge < -0.3 is 14.5 Å². The fraction of sp³-hybridized carbons (Fsp3) is 0.0769. The molecule has 1 heterocycles. The first kappa shape index (κ1) is 20.2. The molecule has 0 aliphatic rings. The molecule has 3 aromatic carbocycles. The lowest BCUT2D eigenvalue weighted by atomic mass is 10.0. The summed E-state index contributed by atoms with van der Waals surface area (Å²) in [4.78, 5) is 25.2. The van der Waals surface area contributed by atoms with E-state index >= 15 is 0 Å². The van der Waals surface area contributed by atoms with Crippen molar-refractivity contribution in [3.8, 4) is 5.75 Å². The van der Waals surface area contributed by atoms with Crippen molar-refractivity contribution in [1.29, 1.82) is 0 Å². The second-order valence-corrected chi connectivity index (χ2v) is 7.06. The molecule has 0 saturated carbocycles. The summed E-state index contributed by atoms with van der Waals surface area (Å²) in [7, 11) is 1.58. The zero-order valence-electron chi connectivity index (χ0n) is 17.2. The van der Waals surface area contributed by atoms with Crippen LogP contribution < -0.4 is 10.1 Å². The Kier molecular flexibility index (Phi) is 5.67. The first-order chi connectivity index (χ1) is 15.0. The highest BCUT2D eigenvalue weighted by Crippen LogP contribution is 2.29. The number of carbonyl (C=O) groups excluding carboxylic acids is 2. The number of carbonyl (C=O) groups is 2. The number of fused-ring (bicyclic) bond motifs is 1. The number of ketones is 1. The summed E-state index contributed by atoms with van der Waals surface area (Å²) in [5.41, 5.74) is 3.35. The van der Waals surface area contributed by atoms with Crippen LogP contribution in [0, 0.1) is 6.92 Å². The fourth-order valence-corrected chi connectivity index (χ4v) is 3.31. The highest BCUT2D eigenvalue weighted by Gasteiger charge is 2.19. The van der Waals surface area contributed by atoms with Gasteiger partial charge in [-0.05, 0) is 55.0 Å². The maximum atomic E-state index is 12.9. The molecule has 5 heteroatoms. The first-order valence-corrected chi connectivity index (χ1v) is 9.81. The number of ether oxygens (including phenoxy) is 1. The molecule has 5 nitrogen and oxygen atoms in total. The number of nitrogens with one attached hydrogen (secondary N) is 1. The standard InChI is InChI=1S/C26H21NO4/c1-17-22-14-11-20(27-24(28)15-8-18-6-4-3-5-7-18)16-23(22)31-26(17)25(29)19-9-12-21(30-2)13-10-19/h3-16H,1-2H3,(H,27,28)/b15-8+. The van der Waals surface area contributed by atoms with E-state index < -0.39 is 0 Å². The highest BCUT2D eigenvalue weighted by atomic mass is 16.5. The predicted octanol–water partition coefficient (Wildman–Crippen LogP) is 5.63. The number of rotatable bonds is 6. The van der Waals surface area contributed by atoms with Gasteiger partial charge >= 0.3 is 0 Å². The second kappa shape index (κ2) is 8.71. The monoisotopic (exact) mass is 411 g/mol. The normalized spacial score (nSPS) is 11.0. The first-order valence-electron chi connectivity index (χ1n) is 9.81. The van der Waals surface area contributed by atoms with E-state index in [2.05, 4.69) is 5.32 Å². The molecule has 0 fully saturated rings. The number of hydrogen-bond acceptors (Lipinski definition) is 4. The van der Waals surface area contributed by atoms with Crippen molar-refractivity contribution in [3.63, 3.8) is 0 Å². The topological polar surface area (TPSA) is 68.5 Å². The largest absolute Gasteiger partial charge is 0.497 e. The van der Waals surface area contributed by atoms with Crippen LogP contribution in [0.3, 0.4) is 0 Å². The Balaban J connectivity index is 1.55. The summed E-state index contributed by atoms with van der Waals surface area (Å²) in [6.07, 6.45) is 3.22. The maximum Gasteiger partial charge on any atom is 0.248 e. The maximum absolute atomic E-state index is 12.9. The van der Waals surface area contributed by atoms with Crippen LogP contribution in [0.1, 0.15) is 27.2 Å². The van der Waals surface area contributed by atoms with E-state index in [1.807, 2.05) is 43.3 Å². The molecule has 4 aromatic rings. The average molecular weight is 411 g/mol. The molecule has 1 aromatic heterocycles. The van der Waals surface area contributed by atoms with Gasteiger partial charge in [0.15, 0.2) is 5.76 Å². The van der Waals surface area contributed by atoms with Gasteiger partial charge in [-0.2, -0.15) is 0 Å². The van der Waals surface area contributed by atoms with Crippen LogP contribution in [0.2, 0.25) is 0 Å². The van der Waals surface area contributed by atoms with Gasteiger partial charge in [0.2, 0.25) is 11.7 Å². The lowest BCUT2D eigenvalue weighted by molar-refractivity contribution is -0.111. The minimum atomic E-state index is -0.249. The molecular weight excluding hydrogens is 390 g/mol. The molecule has 0 unspecified atom stereocenters. The number of hydrogen-bond donors (Lipinski definition) is 1. The van der Waals surface area contributed by atoms with Crippen LogP contribution in [0.5, 0.6) is 5.75 Å². The summed E-state index contributed by atoms with van der Waals surface area (Å²) in [5, 5.41) is 3.65. The van der Waals surface area contributed by atoms with Crippen LogP contribution in [-0.2, 0) is 4.79 Å². The molecule has 0 aliphatic heterocycles. The summed E-state index contributed by atoms with van der Waals surface area (Å²) >= 11 is 0. The minimum Gasteiger partial charge on any atom is -0.497 e. The van der Waals surface area contributed by atoms with Gasteiger partial charge in [0.25, 0.3) is 0 Å². The molecule has 1 amide bonds. The van der Waals surface area contributed by atoms with Crippen molar-refractivity contribution in [1.82, 2.24) is 0 Å². The molecule has 0 atom stereocenters. The smallest absolute Gasteiger partial charge is 0.248 e. The SMILES string of the molecule is COc1ccc(C(=O)c2oc3cc(NC(=O)/C=C/c4ccccc4)ccc3c2C)cc1. The zero-order chi connectivity index (χ0) is 21.8. The highest BCUT2D eigenvalue weighted by molar-refractivity contribution is 6.11. The van der Waals surface area contributed by atoms with Crippen molar-refractivity contribution >= 4 is 34.4 Å². The van der Waals surface area contributed by atoms with Crippen LogP contribution in [0.15, 0.2) is 83.3 Å². The van der Waals surface area contributed by atoms with E-state index in [0.717, 1.165) is 16.5 Å². The number of anilines is 1. The van der Waals surface area contributed by atoms with Gasteiger partial charge in [-0.15, -0.1) is 0 Å². The van der Waals surface area contributed by atoms with Crippen molar-refractivity contribution in [2.24, 2.45) is 0 Å². The Morgan fingerprint density at radius 3 is 2.42 bits per heavy atom. The van der Waals surface area contributed by atoms with Gasteiger partial charge in [-0.3, -0.25) is 9.59 Å². The molecule has 1 N–H and O–H groups in total. The summed E-state index contributed by atoms with van der Waals surface area (Å²) in [6, 6.07) is 21.8. The molecule has 0 aliphatic carbocycles. The van der Waals surface area contributed by atoms with Gasteiger partial charge in [0, 0.05) is 34.3 Å². The Morgan fingerprint density at radius 1 is 0.968 bits per heavy atom. The van der Waals surface area contributed by atoms with Crippen LogP contribution in [0.25, 0.3) is 17.0 Å².